The molecule has 0 unspecified atom stereocenters. The van der Waals surface area contributed by atoms with Gasteiger partial charge < -0.3 is 0 Å². The van der Waals surface area contributed by atoms with Gasteiger partial charge in [-0.3, -0.25) is 0 Å². The van der Waals surface area contributed by atoms with Crippen molar-refractivity contribution in [2.24, 2.45) is 0 Å². The first-order chi connectivity index (χ1) is 27.8. The molecule has 61 heavy (non-hydrogen) atoms. The van der Waals surface area contributed by atoms with Crippen LogP contribution in [0.25, 0.3) is 0 Å². The third-order valence-corrected chi connectivity index (χ3v) is 12.7. The summed E-state index contributed by atoms with van der Waals surface area (Å²) in [4.78, 5) is 0. The molecule has 0 aliphatic rings. The molecule has 0 N–H and O–H groups in total. The summed E-state index contributed by atoms with van der Waals surface area (Å²) in [7, 11) is 206. The Kier molecular flexibility index (Phi) is 31.9. The third kappa shape index (κ3) is 17.6. The molecule has 0 aromatic rings. The molecule has 0 amide bonds. The topological polar surface area (TPSA) is 0 Å². The monoisotopic (exact) mass is 672 g/mol. The average Bonchev–Trinajstić information content (AvgIpc) is 3.03. The van der Waals surface area contributed by atoms with Crippen molar-refractivity contribution in [1.82, 2.24) is 0 Å². The fourth-order valence-corrected chi connectivity index (χ4v) is 10.5. The van der Waals surface area contributed by atoms with E-state index in [1.54, 1.807) is 0 Å². The van der Waals surface area contributed by atoms with Crippen LogP contribution in [0.15, 0.2) is 0 Å². The summed E-state index contributed by atoms with van der Waals surface area (Å²) in [6.07, 6.45) is -41.2. The summed E-state index contributed by atoms with van der Waals surface area (Å²) in [5.41, 5.74) is 0. The van der Waals surface area contributed by atoms with Crippen molar-refractivity contribution in [3.05, 3.63) is 0 Å². The van der Waals surface area contributed by atoms with E-state index in [1.165, 1.54) is 0 Å². The molecular weight excluding hydrogens is 660 g/mol. The summed E-state index contributed by atoms with van der Waals surface area (Å²) >= 11 is 0. The molecule has 0 aliphatic heterocycles. The van der Waals surface area contributed by atoms with Gasteiger partial charge in [0.25, 0.3) is 0 Å². The Balaban J connectivity index is 10.8. The van der Waals surface area contributed by atoms with E-state index in [-0.39, 0.29) is 0 Å². The second-order valence-corrected chi connectivity index (χ2v) is 16.9. The summed E-state index contributed by atoms with van der Waals surface area (Å²) < 4.78 is 0. The minimum atomic E-state index is -1.51. The van der Waals surface area contributed by atoms with Crippen LogP contribution in [-0.4, -0.2) is 432 Å². The predicted molar refractivity (Wildman–Crippen MR) is 351 cm³/mol. The highest BCUT2D eigenvalue weighted by molar-refractivity contribution is 8.38. The second-order valence-electron chi connectivity index (χ2n) is 16.9. The number of rotatable bonds is 29. The van der Waals surface area contributed by atoms with Gasteiger partial charge in [-0.25, -0.2) is 0 Å². The predicted octanol–water partition coefficient (Wildman–Crippen LogP) is -23.2. The summed E-state index contributed by atoms with van der Waals surface area (Å²) in [5.74, 6) is 0. The maximum absolute atomic E-state index is 6.61. The molecule has 0 heterocycles. The van der Waals surface area contributed by atoms with Crippen LogP contribution in [0.3, 0.4) is 0 Å². The van der Waals surface area contributed by atoms with Crippen LogP contribution in [0.4, 0.5) is 0 Å². The number of hydrogen-bond donors (Lipinski definition) is 0. The van der Waals surface area contributed by atoms with Crippen LogP contribution < -0.4 is 0 Å². The Labute approximate surface area is 428 Å². The Bertz CT molecular complexity index is 947. The zero-order valence-electron chi connectivity index (χ0n) is 35.2. The van der Waals surface area contributed by atoms with Gasteiger partial charge in [-0.2, -0.15) is 0 Å². The van der Waals surface area contributed by atoms with E-state index in [2.05, 4.69) is 0 Å². The largest absolute Gasteiger partial charge is 0 e. The van der Waals surface area contributed by atoms with Crippen molar-refractivity contribution in [3.63, 3.8) is 0 Å². The van der Waals surface area contributed by atoms with Crippen LogP contribution in [0.5, 0.6) is 0 Å². The summed E-state index contributed by atoms with van der Waals surface area (Å²) in [6.45, 7) is 0. The Morgan fingerprint density at radius 2 is 0.262 bits per heavy atom. The highest BCUT2D eigenvalue weighted by Gasteiger charge is 2.62. The molecule has 63 radical (unpaired) electrons. The minimum absolute atomic E-state index is 1.15. The summed E-state index contributed by atoms with van der Waals surface area (Å²) in [5, 5.41) is 0. The minimum Gasteiger partial charge on any atom is 0 e. The van der Waals surface area contributed by atoms with Gasteiger partial charge in [0.2, 0.25) is 0 Å². The van der Waals surface area contributed by atoms with Gasteiger partial charge >= 0.3 is 0 Å². The highest BCUT2D eigenvalue weighted by Crippen LogP contribution is 2.24. The fraction of sp³-hybridized carbons (Fsp3) is 0. The van der Waals surface area contributed by atoms with Crippen molar-refractivity contribution < 1.29 is 0 Å². The van der Waals surface area contributed by atoms with Crippen LogP contribution in [0, 0.1) is 0 Å². The zero-order chi connectivity index (χ0) is 48.5. The number of hydrogen-bond acceptors (Lipinski definition) is 0. The molecule has 0 fully saturated rings. The van der Waals surface area contributed by atoms with Crippen molar-refractivity contribution in [2.45, 2.75) is 0 Å². The third-order valence-electron chi connectivity index (χ3n) is 12.7. The van der Waals surface area contributed by atoms with Crippen LogP contribution in [-0.2, 0) is 0 Å². The van der Waals surface area contributed by atoms with Crippen molar-refractivity contribution in [3.8, 4) is 0 Å². The Morgan fingerprint density at radius 1 is 0.148 bits per heavy atom. The summed E-state index contributed by atoms with van der Waals surface area (Å²) in [6, 6.07) is 0. The smallest absolute Gasteiger partial charge is 0 e. The lowest BCUT2D eigenvalue weighted by atomic mass is 8.22. The van der Waals surface area contributed by atoms with Crippen LogP contribution in [0.2, 0.25) is 0 Å². The maximum Gasteiger partial charge on any atom is 0 e. The molecular formula is B61. The van der Waals surface area contributed by atoms with E-state index in [0.29, 0.717) is 0 Å². The van der Waals surface area contributed by atoms with E-state index >= 15 is 0 Å². The standard InChI is InChI=1S/B61/c1-32-48(33(2)3)56(49(34(4)5)35(6)7)60(57(50(36(8)9)37(10)11)51(38(12)13)39(14)15)61(58(52(40(16)17)41(18)19)53(42(20)21)43(22)23)59(54(44(24)25)45(26)27)55(46(28)29)47(30)31. The van der Waals surface area contributed by atoms with E-state index in [0.717, 1.165) is 7.06 Å². The second kappa shape index (κ2) is 30.0. The normalized spacial score (nSPS) is 9.70. The molecule has 0 saturated carbocycles. The molecule has 0 rings (SSSR count). The molecule has 61 heteroatoms. The van der Waals surface area contributed by atoms with E-state index in [9.17, 15) is 0 Å². The van der Waals surface area contributed by atoms with Crippen molar-refractivity contribution in [2.75, 3.05) is 0 Å². The molecule has 183 valence electrons. The van der Waals surface area contributed by atoms with Crippen molar-refractivity contribution >= 4 is 432 Å². The first-order valence-corrected chi connectivity index (χ1v) is 20.0. The molecule has 0 nitrogen and oxygen atoms in total. The molecule has 0 saturated heterocycles. The van der Waals surface area contributed by atoms with Gasteiger partial charge in [-0.05, 0) is 0 Å². The SMILES string of the molecule is [B][B]B(B([B])[B])B(B(B([B])[B])B([B])[B])B(B(B(B([B])[B])B([B])[B])B(B([B])[B])B([B])[B])B(B(B(B([B])[B])B([B])[B])B(B([B])[B])B([B])[B])B(B(B([B])[B])B([B])[B])B(B([B])[B])B([B])[B]. The lowest BCUT2D eigenvalue weighted by molar-refractivity contribution is 3.17. The molecule has 0 aromatic heterocycles. The lowest BCUT2D eigenvalue weighted by Crippen LogP contribution is -2.97. The quantitative estimate of drug-likeness (QED) is 0.0701. The van der Waals surface area contributed by atoms with E-state index in [4.69, 9.17) is 240 Å². The fourth-order valence-electron chi connectivity index (χ4n) is 10.5. The molecule has 0 atom stereocenters. The zero-order valence-corrected chi connectivity index (χ0v) is 35.2. The van der Waals surface area contributed by atoms with Gasteiger partial charge in [0.15, 0.2) is 0 Å². The van der Waals surface area contributed by atoms with Crippen LogP contribution in [0.1, 0.15) is 0 Å². The lowest BCUT2D eigenvalue weighted by Gasteiger charge is -2.59. The average molecular weight is 660 g/mol. The molecule has 0 aliphatic carbocycles. The Hall–Kier alpha value is 3.96. The van der Waals surface area contributed by atoms with Gasteiger partial charge in [0.1, 0.15) is 0 Å². The Morgan fingerprint density at radius 3 is 0.377 bits per heavy atom. The molecule has 0 aromatic carbocycles. The highest BCUT2D eigenvalue weighted by atomic mass is 13.4. The molecule has 0 spiro atoms. The maximum atomic E-state index is 6.61. The first-order valence-electron chi connectivity index (χ1n) is 20.0. The first kappa shape index (κ1) is 65.0. The van der Waals surface area contributed by atoms with Crippen molar-refractivity contribution in [1.29, 1.82) is 0 Å². The van der Waals surface area contributed by atoms with Crippen LogP contribution >= 0.6 is 0 Å². The van der Waals surface area contributed by atoms with E-state index in [1.807, 2.05) is 0 Å². The van der Waals surface area contributed by atoms with Gasteiger partial charge in [-0.1, -0.05) is 0 Å². The van der Waals surface area contributed by atoms with E-state index < -0.39 is 185 Å². The van der Waals surface area contributed by atoms with Gasteiger partial charge in [-0.15, -0.1) is 0 Å². The van der Waals surface area contributed by atoms with Gasteiger partial charge in [0.05, 0.1) is 0 Å². The van der Waals surface area contributed by atoms with Gasteiger partial charge in [0, 0.05) is 432 Å². The molecule has 0 bridgehead atoms.